The fraction of sp³-hybridized carbons (Fsp3) is 0.375. The third-order valence-electron chi connectivity index (χ3n) is 2.17. The Hall–Kier alpha value is -2.45. The second kappa shape index (κ2) is 4.20. The Kier molecular flexibility index (Phi) is 2.73. The molecule has 9 heteroatoms. The van der Waals surface area contributed by atoms with E-state index in [1.165, 1.54) is 4.68 Å². The molecule has 2 aromatic heterocycles. The van der Waals surface area contributed by atoms with E-state index in [1.54, 1.807) is 0 Å². The number of aryl methyl sites for hydroxylation is 1. The van der Waals surface area contributed by atoms with Crippen molar-refractivity contribution in [1.29, 1.82) is 0 Å². The van der Waals surface area contributed by atoms with Gasteiger partial charge in [-0.1, -0.05) is 12.1 Å². The van der Waals surface area contributed by atoms with Crippen LogP contribution in [0.3, 0.4) is 0 Å². The van der Waals surface area contributed by atoms with Crippen molar-refractivity contribution in [3.63, 3.8) is 0 Å². The van der Waals surface area contributed by atoms with Gasteiger partial charge in [0.05, 0.1) is 4.92 Å². The minimum Gasteiger partial charge on any atom is -0.378 e. The molecule has 2 rings (SSSR count). The zero-order valence-electron chi connectivity index (χ0n) is 9.03. The third-order valence-corrected chi connectivity index (χ3v) is 2.17. The SMILES string of the molecule is CCc1noc(Cn2ncc([N+](=O)[O-])c2N)n1. The average Bonchev–Trinajstić information content (AvgIpc) is 2.87. The van der Waals surface area contributed by atoms with Crippen LogP contribution in [0.25, 0.3) is 0 Å². The van der Waals surface area contributed by atoms with Crippen LogP contribution in [0.1, 0.15) is 18.6 Å². The van der Waals surface area contributed by atoms with Crippen molar-refractivity contribution in [2.24, 2.45) is 0 Å². The first-order chi connectivity index (χ1) is 8.11. The maximum absolute atomic E-state index is 10.6. The standard InChI is InChI=1S/C8H10N6O3/c1-2-6-11-7(17-12-6)4-13-8(9)5(3-10-13)14(15)16/h3H,2,4,9H2,1H3. The van der Waals surface area contributed by atoms with Crippen LogP contribution in [0, 0.1) is 10.1 Å². The Morgan fingerprint density at radius 1 is 1.65 bits per heavy atom. The lowest BCUT2D eigenvalue weighted by Crippen LogP contribution is -2.07. The summed E-state index contributed by atoms with van der Waals surface area (Å²) < 4.78 is 6.18. The molecule has 2 N–H and O–H groups in total. The molecular formula is C8H10N6O3. The van der Waals surface area contributed by atoms with E-state index < -0.39 is 4.92 Å². The molecule has 0 saturated carbocycles. The monoisotopic (exact) mass is 238 g/mol. The molecule has 0 bridgehead atoms. The van der Waals surface area contributed by atoms with Gasteiger partial charge in [0.15, 0.2) is 5.82 Å². The van der Waals surface area contributed by atoms with Gasteiger partial charge in [-0.3, -0.25) is 10.1 Å². The normalized spacial score (nSPS) is 10.6. The molecule has 0 fully saturated rings. The van der Waals surface area contributed by atoms with Gasteiger partial charge in [0.1, 0.15) is 12.7 Å². The molecule has 0 aliphatic rings. The van der Waals surface area contributed by atoms with E-state index in [0.717, 1.165) is 6.20 Å². The lowest BCUT2D eigenvalue weighted by atomic mass is 10.5. The van der Waals surface area contributed by atoms with E-state index in [-0.39, 0.29) is 18.1 Å². The first kappa shape index (κ1) is 11.0. The highest BCUT2D eigenvalue weighted by Gasteiger charge is 2.18. The van der Waals surface area contributed by atoms with Crippen LogP contribution >= 0.6 is 0 Å². The van der Waals surface area contributed by atoms with E-state index in [1.807, 2.05) is 6.92 Å². The molecule has 17 heavy (non-hydrogen) atoms. The summed E-state index contributed by atoms with van der Waals surface area (Å²) in [5.74, 6) is 0.845. The molecule has 0 aromatic carbocycles. The Morgan fingerprint density at radius 3 is 2.94 bits per heavy atom. The largest absolute Gasteiger partial charge is 0.378 e. The van der Waals surface area contributed by atoms with Gasteiger partial charge in [-0.25, -0.2) is 4.68 Å². The predicted octanol–water partition coefficient (Wildman–Crippen LogP) is 0.367. The van der Waals surface area contributed by atoms with Gasteiger partial charge in [-0.05, 0) is 0 Å². The summed E-state index contributed by atoms with van der Waals surface area (Å²) in [4.78, 5) is 14.0. The summed E-state index contributed by atoms with van der Waals surface area (Å²) in [5.41, 5.74) is 5.32. The van der Waals surface area contributed by atoms with Crippen molar-refractivity contribution in [2.75, 3.05) is 5.73 Å². The second-order valence-electron chi connectivity index (χ2n) is 3.29. The third kappa shape index (κ3) is 2.07. The van der Waals surface area contributed by atoms with E-state index in [2.05, 4.69) is 15.2 Å². The maximum atomic E-state index is 10.6. The quantitative estimate of drug-likeness (QED) is 0.602. The topological polar surface area (TPSA) is 126 Å². The highest BCUT2D eigenvalue weighted by atomic mass is 16.6. The number of nitro groups is 1. The van der Waals surface area contributed by atoms with Crippen molar-refractivity contribution < 1.29 is 9.45 Å². The Bertz CT molecular complexity index is 545. The average molecular weight is 238 g/mol. The van der Waals surface area contributed by atoms with Gasteiger partial charge in [0, 0.05) is 6.42 Å². The number of aromatic nitrogens is 4. The fourth-order valence-corrected chi connectivity index (χ4v) is 1.28. The summed E-state index contributed by atoms with van der Waals surface area (Å²) in [6.45, 7) is 2.01. The smallest absolute Gasteiger partial charge is 0.330 e. The van der Waals surface area contributed by atoms with Crippen LogP contribution < -0.4 is 5.73 Å². The highest BCUT2D eigenvalue weighted by molar-refractivity contribution is 5.51. The lowest BCUT2D eigenvalue weighted by Gasteiger charge is -1.97. The number of hydrogen-bond acceptors (Lipinski definition) is 7. The fourth-order valence-electron chi connectivity index (χ4n) is 1.28. The molecule has 0 unspecified atom stereocenters. The summed E-state index contributed by atoms with van der Waals surface area (Å²) in [6.07, 6.45) is 1.74. The van der Waals surface area contributed by atoms with Crippen LogP contribution in [-0.2, 0) is 13.0 Å². The van der Waals surface area contributed by atoms with Crippen LogP contribution in [0.15, 0.2) is 10.7 Å². The van der Waals surface area contributed by atoms with Crippen LogP contribution in [-0.4, -0.2) is 24.8 Å². The van der Waals surface area contributed by atoms with Crippen molar-refractivity contribution in [1.82, 2.24) is 19.9 Å². The Balaban J connectivity index is 2.21. The molecule has 0 aliphatic carbocycles. The molecule has 90 valence electrons. The highest BCUT2D eigenvalue weighted by Crippen LogP contribution is 2.20. The number of nitrogens with zero attached hydrogens (tertiary/aromatic N) is 5. The number of nitrogens with two attached hydrogens (primary N) is 1. The molecular weight excluding hydrogens is 228 g/mol. The van der Waals surface area contributed by atoms with Gasteiger partial charge in [-0.15, -0.1) is 0 Å². The van der Waals surface area contributed by atoms with Crippen LogP contribution in [0.2, 0.25) is 0 Å². The summed E-state index contributed by atoms with van der Waals surface area (Å²) in [6, 6.07) is 0. The van der Waals surface area contributed by atoms with Gasteiger partial charge in [-0.2, -0.15) is 10.1 Å². The van der Waals surface area contributed by atoms with E-state index in [0.29, 0.717) is 18.1 Å². The molecule has 2 aromatic rings. The molecule has 0 atom stereocenters. The number of nitrogen functional groups attached to an aromatic ring is 1. The molecule has 0 aliphatic heterocycles. The number of anilines is 1. The van der Waals surface area contributed by atoms with Crippen molar-refractivity contribution >= 4 is 11.5 Å². The zero-order valence-corrected chi connectivity index (χ0v) is 9.03. The summed E-state index contributed by atoms with van der Waals surface area (Å²) >= 11 is 0. The molecule has 0 amide bonds. The minimum atomic E-state index is -0.593. The number of rotatable bonds is 4. The van der Waals surface area contributed by atoms with Crippen molar-refractivity contribution in [2.45, 2.75) is 19.9 Å². The van der Waals surface area contributed by atoms with Crippen molar-refractivity contribution in [3.05, 3.63) is 28.0 Å². The lowest BCUT2D eigenvalue weighted by molar-refractivity contribution is -0.384. The maximum Gasteiger partial charge on any atom is 0.330 e. The minimum absolute atomic E-state index is 0.0359. The van der Waals surface area contributed by atoms with E-state index in [9.17, 15) is 10.1 Å². The van der Waals surface area contributed by atoms with Crippen molar-refractivity contribution in [3.8, 4) is 0 Å². The van der Waals surface area contributed by atoms with Gasteiger partial charge < -0.3 is 10.3 Å². The summed E-state index contributed by atoms with van der Waals surface area (Å²) in [7, 11) is 0. The van der Waals surface area contributed by atoms with E-state index in [4.69, 9.17) is 10.3 Å². The second-order valence-corrected chi connectivity index (χ2v) is 3.29. The van der Waals surface area contributed by atoms with Crippen LogP contribution in [0.4, 0.5) is 11.5 Å². The summed E-state index contributed by atoms with van der Waals surface area (Å²) in [5, 5.41) is 18.0. The Morgan fingerprint density at radius 2 is 2.41 bits per heavy atom. The Labute approximate surface area is 95.4 Å². The first-order valence-corrected chi connectivity index (χ1v) is 4.89. The predicted molar refractivity (Wildman–Crippen MR) is 56.1 cm³/mol. The zero-order chi connectivity index (χ0) is 12.4. The first-order valence-electron chi connectivity index (χ1n) is 4.89. The molecule has 0 spiro atoms. The van der Waals surface area contributed by atoms with Crippen LogP contribution in [0.5, 0.6) is 0 Å². The van der Waals surface area contributed by atoms with Gasteiger partial charge in [0.25, 0.3) is 0 Å². The number of hydrogen-bond donors (Lipinski definition) is 1. The van der Waals surface area contributed by atoms with Gasteiger partial charge in [0.2, 0.25) is 11.7 Å². The van der Waals surface area contributed by atoms with E-state index >= 15 is 0 Å². The molecule has 9 nitrogen and oxygen atoms in total. The molecule has 0 saturated heterocycles. The molecule has 2 heterocycles. The molecule has 0 radical (unpaired) electrons. The van der Waals surface area contributed by atoms with Gasteiger partial charge >= 0.3 is 5.69 Å².